The summed E-state index contributed by atoms with van der Waals surface area (Å²) in [7, 11) is 1.14. The molecule has 16 heavy (non-hydrogen) atoms. The molecule has 0 aliphatic carbocycles. The molecule has 1 fully saturated rings. The van der Waals surface area contributed by atoms with Crippen molar-refractivity contribution in [3.05, 3.63) is 48.6 Å². The third-order valence-corrected chi connectivity index (χ3v) is 4.41. The first-order valence-electron chi connectivity index (χ1n) is 5.88. The Morgan fingerprint density at radius 1 is 1.31 bits per heavy atom. The standard InChI is InChI=1S/C13H20N2Si/c1-2-13-11-14(8-9-15(13)16)10-12-6-4-3-5-7-12/h2-7,13H,1,8-11H2,16H3. The minimum absolute atomic E-state index is 0.559. The molecule has 0 saturated carbocycles. The van der Waals surface area contributed by atoms with Crippen molar-refractivity contribution in [2.75, 3.05) is 19.6 Å². The van der Waals surface area contributed by atoms with Crippen LogP contribution in [0.1, 0.15) is 5.56 Å². The lowest BCUT2D eigenvalue weighted by molar-refractivity contribution is 0.153. The highest BCUT2D eigenvalue weighted by Gasteiger charge is 2.21. The van der Waals surface area contributed by atoms with E-state index in [-0.39, 0.29) is 0 Å². The molecule has 1 aliphatic rings. The number of benzene rings is 1. The van der Waals surface area contributed by atoms with Gasteiger partial charge >= 0.3 is 0 Å². The van der Waals surface area contributed by atoms with E-state index in [0.29, 0.717) is 6.04 Å². The van der Waals surface area contributed by atoms with Gasteiger partial charge in [-0.1, -0.05) is 36.4 Å². The van der Waals surface area contributed by atoms with Gasteiger partial charge in [0.15, 0.2) is 0 Å². The first-order valence-corrected chi connectivity index (χ1v) is 6.78. The normalized spacial score (nSPS) is 23.4. The van der Waals surface area contributed by atoms with Gasteiger partial charge in [-0.05, 0) is 5.56 Å². The largest absolute Gasteiger partial charge is 0.324 e. The molecular weight excluding hydrogens is 212 g/mol. The van der Waals surface area contributed by atoms with Gasteiger partial charge in [0.05, 0.1) is 10.4 Å². The quantitative estimate of drug-likeness (QED) is 0.557. The molecule has 0 N–H and O–H groups in total. The zero-order valence-corrected chi connectivity index (χ0v) is 12.0. The molecule has 1 aliphatic heterocycles. The van der Waals surface area contributed by atoms with E-state index in [4.69, 9.17) is 0 Å². The van der Waals surface area contributed by atoms with Crippen molar-refractivity contribution in [2.24, 2.45) is 0 Å². The van der Waals surface area contributed by atoms with Gasteiger partial charge < -0.3 is 4.57 Å². The number of hydrogen-bond donors (Lipinski definition) is 0. The summed E-state index contributed by atoms with van der Waals surface area (Å²) >= 11 is 0. The molecule has 1 aromatic rings. The van der Waals surface area contributed by atoms with Crippen LogP contribution in [-0.4, -0.2) is 45.5 Å². The molecule has 0 spiro atoms. The van der Waals surface area contributed by atoms with Gasteiger partial charge in [-0.15, -0.1) is 6.58 Å². The van der Waals surface area contributed by atoms with Crippen molar-refractivity contribution in [1.82, 2.24) is 9.47 Å². The Hall–Kier alpha value is -0.903. The molecule has 1 atom stereocenters. The monoisotopic (exact) mass is 232 g/mol. The molecule has 0 aromatic heterocycles. The highest BCUT2D eigenvalue weighted by atomic mass is 28.2. The SMILES string of the molecule is C=CC1CN(Cc2ccccc2)CCN1[SiH3]. The second-order valence-corrected chi connectivity index (χ2v) is 5.65. The lowest BCUT2D eigenvalue weighted by Gasteiger charge is -2.38. The van der Waals surface area contributed by atoms with Crippen LogP contribution in [0.2, 0.25) is 0 Å². The van der Waals surface area contributed by atoms with Crippen molar-refractivity contribution in [3.63, 3.8) is 0 Å². The van der Waals surface area contributed by atoms with Gasteiger partial charge in [0.2, 0.25) is 0 Å². The minimum atomic E-state index is 0.559. The van der Waals surface area contributed by atoms with Crippen molar-refractivity contribution in [3.8, 4) is 0 Å². The summed E-state index contributed by atoms with van der Waals surface area (Å²) < 4.78 is 2.51. The molecule has 0 bridgehead atoms. The first-order chi connectivity index (χ1) is 7.79. The summed E-state index contributed by atoms with van der Waals surface area (Å²) in [4.78, 5) is 2.52. The lowest BCUT2D eigenvalue weighted by atomic mass is 10.1. The zero-order valence-electron chi connectivity index (χ0n) is 9.97. The first kappa shape index (κ1) is 11.6. The van der Waals surface area contributed by atoms with Crippen LogP contribution >= 0.6 is 0 Å². The fraction of sp³-hybridized carbons (Fsp3) is 0.385. The molecule has 86 valence electrons. The van der Waals surface area contributed by atoms with Crippen LogP contribution in [-0.2, 0) is 6.54 Å². The van der Waals surface area contributed by atoms with E-state index < -0.39 is 0 Å². The molecule has 1 saturated heterocycles. The van der Waals surface area contributed by atoms with Crippen LogP contribution in [0.15, 0.2) is 43.0 Å². The van der Waals surface area contributed by atoms with Crippen LogP contribution in [0.25, 0.3) is 0 Å². The number of nitrogens with zero attached hydrogens (tertiary/aromatic N) is 2. The van der Waals surface area contributed by atoms with Crippen molar-refractivity contribution in [2.45, 2.75) is 12.6 Å². The van der Waals surface area contributed by atoms with Crippen molar-refractivity contribution < 1.29 is 0 Å². The molecule has 0 radical (unpaired) electrons. The van der Waals surface area contributed by atoms with Gasteiger partial charge in [0, 0.05) is 32.2 Å². The van der Waals surface area contributed by atoms with Gasteiger partial charge in [0.1, 0.15) is 0 Å². The Morgan fingerprint density at radius 3 is 2.75 bits per heavy atom. The maximum Gasteiger partial charge on any atom is 0.0793 e. The Balaban J connectivity index is 1.94. The average Bonchev–Trinajstić information content (AvgIpc) is 2.33. The van der Waals surface area contributed by atoms with E-state index in [9.17, 15) is 0 Å². The molecule has 0 amide bonds. The second-order valence-electron chi connectivity index (χ2n) is 4.50. The third kappa shape index (κ3) is 2.81. The van der Waals surface area contributed by atoms with Crippen LogP contribution in [0.4, 0.5) is 0 Å². The van der Waals surface area contributed by atoms with Gasteiger partial charge in [-0.3, -0.25) is 4.90 Å². The van der Waals surface area contributed by atoms with Crippen LogP contribution < -0.4 is 0 Å². The Bertz CT molecular complexity index is 339. The number of hydrogen-bond acceptors (Lipinski definition) is 2. The molecule has 1 aromatic carbocycles. The molecule has 2 rings (SSSR count). The summed E-state index contributed by atoms with van der Waals surface area (Å²) in [5.41, 5.74) is 1.41. The van der Waals surface area contributed by atoms with E-state index >= 15 is 0 Å². The predicted molar refractivity (Wildman–Crippen MR) is 72.3 cm³/mol. The van der Waals surface area contributed by atoms with E-state index in [0.717, 1.165) is 23.5 Å². The van der Waals surface area contributed by atoms with Gasteiger partial charge in [-0.2, -0.15) is 0 Å². The highest BCUT2D eigenvalue weighted by molar-refractivity contribution is 6.04. The third-order valence-electron chi connectivity index (χ3n) is 3.30. The smallest absolute Gasteiger partial charge is 0.0793 e. The predicted octanol–water partition coefficient (Wildman–Crippen LogP) is 0.639. The molecule has 1 unspecified atom stereocenters. The maximum atomic E-state index is 3.93. The molecule has 3 heteroatoms. The number of rotatable bonds is 3. The second kappa shape index (κ2) is 5.43. The summed E-state index contributed by atoms with van der Waals surface area (Å²) in [6.07, 6.45) is 2.09. The van der Waals surface area contributed by atoms with Crippen molar-refractivity contribution in [1.29, 1.82) is 0 Å². The van der Waals surface area contributed by atoms with Crippen molar-refractivity contribution >= 4 is 10.4 Å². The van der Waals surface area contributed by atoms with E-state index in [1.54, 1.807) is 0 Å². The topological polar surface area (TPSA) is 6.48 Å². The summed E-state index contributed by atoms with van der Waals surface area (Å²) in [6.45, 7) is 8.50. The van der Waals surface area contributed by atoms with Crippen LogP contribution in [0.3, 0.4) is 0 Å². The van der Waals surface area contributed by atoms with Crippen LogP contribution in [0, 0.1) is 0 Å². The lowest BCUT2D eigenvalue weighted by Crippen LogP contribution is -2.50. The summed E-state index contributed by atoms with van der Waals surface area (Å²) in [5.74, 6) is 0. The zero-order chi connectivity index (χ0) is 11.4. The molecule has 1 heterocycles. The highest BCUT2D eigenvalue weighted by Crippen LogP contribution is 2.11. The van der Waals surface area contributed by atoms with E-state index in [1.165, 1.54) is 18.7 Å². The van der Waals surface area contributed by atoms with Gasteiger partial charge in [-0.25, -0.2) is 0 Å². The summed E-state index contributed by atoms with van der Waals surface area (Å²) in [5, 5.41) is 0. The Labute approximate surface area is 101 Å². The Kier molecular flexibility index (Phi) is 3.93. The summed E-state index contributed by atoms with van der Waals surface area (Å²) in [6, 6.07) is 11.3. The fourth-order valence-corrected chi connectivity index (χ4v) is 2.77. The van der Waals surface area contributed by atoms with E-state index in [2.05, 4.69) is 52.5 Å². The van der Waals surface area contributed by atoms with E-state index in [1.807, 2.05) is 0 Å². The molecule has 2 nitrogen and oxygen atoms in total. The fourth-order valence-electron chi connectivity index (χ4n) is 2.20. The maximum absolute atomic E-state index is 3.93. The Morgan fingerprint density at radius 2 is 2.06 bits per heavy atom. The average molecular weight is 232 g/mol. The minimum Gasteiger partial charge on any atom is -0.324 e. The van der Waals surface area contributed by atoms with Gasteiger partial charge in [0.25, 0.3) is 0 Å². The molecular formula is C13H20N2Si. The van der Waals surface area contributed by atoms with Crippen LogP contribution in [0.5, 0.6) is 0 Å². The number of piperazine rings is 1.